The third-order valence-electron chi connectivity index (χ3n) is 6.00. The van der Waals surface area contributed by atoms with Gasteiger partial charge in [0.05, 0.1) is 23.0 Å². The zero-order valence-electron chi connectivity index (χ0n) is 21.2. The Morgan fingerprint density at radius 3 is 1.82 bits per heavy atom. The molecule has 3 aromatic carbocycles. The molecule has 14 heteroatoms. The molecule has 0 saturated heterocycles. The zero-order valence-corrected chi connectivity index (χ0v) is 25.2. The maximum Gasteiger partial charge on any atom is 0.360 e. The number of sulfone groups is 1. The highest BCUT2D eigenvalue weighted by Gasteiger charge is 2.58. The number of carbonyl (C=O) groups is 1. The van der Waals surface area contributed by atoms with Gasteiger partial charge in [-0.2, -0.15) is 4.72 Å². The smallest absolute Gasteiger partial charge is 0.307 e. The van der Waals surface area contributed by atoms with E-state index >= 15 is 0 Å². The number of halogens is 2. The van der Waals surface area contributed by atoms with E-state index in [1.807, 2.05) is 0 Å². The van der Waals surface area contributed by atoms with Crippen LogP contribution in [-0.4, -0.2) is 35.8 Å². The highest BCUT2D eigenvalue weighted by molar-refractivity contribution is 7.96. The Balaban J connectivity index is 2.10. The predicted octanol–water partition coefficient (Wildman–Crippen LogP) is 5.94. The second-order valence-corrected chi connectivity index (χ2v) is 15.2. The lowest BCUT2D eigenvalue weighted by Gasteiger charge is -2.40. The number of sulfonamides is 1. The summed E-state index contributed by atoms with van der Waals surface area (Å²) >= 11 is 11.9. The molecule has 0 radical (unpaired) electrons. The molecular weight excluding hydrogens is 620 g/mol. The Kier molecular flexibility index (Phi) is 8.80. The van der Waals surface area contributed by atoms with Gasteiger partial charge in [0.1, 0.15) is 4.91 Å². The van der Waals surface area contributed by atoms with Gasteiger partial charge in [0.2, 0.25) is 25.6 Å². The van der Waals surface area contributed by atoms with Crippen LogP contribution in [0.25, 0.3) is 0 Å². The van der Waals surface area contributed by atoms with E-state index in [2.05, 4.69) is 4.72 Å². The van der Waals surface area contributed by atoms with E-state index in [-0.39, 0.29) is 44.2 Å². The first-order valence-electron chi connectivity index (χ1n) is 11.9. The minimum Gasteiger partial charge on any atom is -0.307 e. The largest absolute Gasteiger partial charge is 0.360 e. The summed E-state index contributed by atoms with van der Waals surface area (Å²) in [5.74, 6) is -0.925. The molecule has 1 atom stereocenters. The Labute approximate surface area is 242 Å². The quantitative estimate of drug-likeness (QED) is 0.268. The van der Waals surface area contributed by atoms with E-state index < -0.39 is 43.4 Å². The van der Waals surface area contributed by atoms with Gasteiger partial charge in [-0.1, -0.05) is 47.5 Å². The van der Waals surface area contributed by atoms with Crippen molar-refractivity contribution in [1.82, 2.24) is 4.72 Å². The molecule has 0 heterocycles. The average Bonchev–Trinajstić information content (AvgIpc) is 2.91. The van der Waals surface area contributed by atoms with E-state index in [0.717, 1.165) is 6.08 Å². The number of benzene rings is 3. The van der Waals surface area contributed by atoms with Gasteiger partial charge in [-0.25, -0.2) is 16.8 Å². The normalized spacial score (nSPS) is 17.8. The molecular formula is C26H24Cl2NO8PS2. The molecule has 1 aliphatic rings. The van der Waals surface area contributed by atoms with Gasteiger partial charge in [-0.05, 0) is 68.5 Å². The second kappa shape index (κ2) is 11.5. The molecule has 0 aliphatic heterocycles. The fraction of sp³-hybridized carbons (Fsp3) is 0.192. The lowest BCUT2D eigenvalue weighted by atomic mass is 9.92. The minimum atomic E-state index is -4.65. The number of rotatable bonds is 10. The van der Waals surface area contributed by atoms with E-state index in [4.69, 9.17) is 32.2 Å². The Morgan fingerprint density at radius 1 is 0.800 bits per heavy atom. The molecule has 9 nitrogen and oxygen atoms in total. The monoisotopic (exact) mass is 643 g/mol. The highest BCUT2D eigenvalue weighted by Crippen LogP contribution is 2.66. The lowest BCUT2D eigenvalue weighted by molar-refractivity contribution is 0.103. The van der Waals surface area contributed by atoms with Crippen molar-refractivity contribution in [3.63, 3.8) is 0 Å². The number of carbonyl (C=O) groups excluding carboxylic acids is 1. The summed E-state index contributed by atoms with van der Waals surface area (Å²) in [6.07, 6.45) is 0.821. The van der Waals surface area contributed by atoms with Gasteiger partial charge in [0.25, 0.3) is 0 Å². The Hall–Kier alpha value is -2.34. The standard InChI is InChI=1S/C26H24Cl2NO8PS2/c1-3-36-38(31,37-4-2)26(29-40(34,35)21-15-11-19(28)12-16-21)17-24(25(30)22-7-5-6-8-23(22)26)39(32,33)20-13-9-18(27)10-14-20/h5-17,29H,3-4H2,1-2H3. The first kappa shape index (κ1) is 30.6. The molecule has 40 heavy (non-hydrogen) atoms. The first-order valence-corrected chi connectivity index (χ1v) is 17.1. The SMILES string of the molecule is CCOP(=O)(OCC)C1(NS(=O)(=O)c2ccc(Cl)cc2)C=C(S(=O)(=O)c2ccc(Cl)cc2)C(=O)c2ccccc21. The van der Waals surface area contributed by atoms with Crippen LogP contribution >= 0.6 is 30.8 Å². The molecule has 212 valence electrons. The van der Waals surface area contributed by atoms with E-state index in [0.29, 0.717) is 0 Å². The number of hydrogen-bond donors (Lipinski definition) is 1. The van der Waals surface area contributed by atoms with Crippen molar-refractivity contribution < 1.29 is 35.2 Å². The lowest BCUT2D eigenvalue weighted by Crippen LogP contribution is -2.48. The van der Waals surface area contributed by atoms with Crippen molar-refractivity contribution >= 4 is 56.4 Å². The number of allylic oxidation sites excluding steroid dienone is 1. The summed E-state index contributed by atoms with van der Waals surface area (Å²) in [7, 11) is -13.8. The predicted molar refractivity (Wildman–Crippen MR) is 152 cm³/mol. The van der Waals surface area contributed by atoms with Crippen LogP contribution in [0.2, 0.25) is 10.0 Å². The third-order valence-corrected chi connectivity index (χ3v) is 12.5. The van der Waals surface area contributed by atoms with Crippen LogP contribution < -0.4 is 4.72 Å². The molecule has 0 spiro atoms. The number of fused-ring (bicyclic) bond motifs is 1. The van der Waals surface area contributed by atoms with Gasteiger partial charge in [-0.15, -0.1) is 0 Å². The molecule has 0 aromatic heterocycles. The fourth-order valence-electron chi connectivity index (χ4n) is 4.24. The zero-order chi connectivity index (χ0) is 29.3. The number of ketones is 1. The minimum absolute atomic E-state index is 0.0992. The van der Waals surface area contributed by atoms with Crippen molar-refractivity contribution in [2.75, 3.05) is 13.2 Å². The molecule has 0 amide bonds. The van der Waals surface area contributed by atoms with Gasteiger partial charge in [-0.3, -0.25) is 9.36 Å². The van der Waals surface area contributed by atoms with Crippen LogP contribution in [0, 0.1) is 0 Å². The molecule has 0 saturated carbocycles. The summed E-state index contributed by atoms with van der Waals surface area (Å²) in [6.45, 7) is 2.65. The van der Waals surface area contributed by atoms with Gasteiger partial charge in [0.15, 0.2) is 5.28 Å². The van der Waals surface area contributed by atoms with E-state index in [9.17, 15) is 26.2 Å². The average molecular weight is 644 g/mol. The molecule has 0 fully saturated rings. The molecule has 1 unspecified atom stereocenters. The first-order chi connectivity index (χ1) is 18.8. The molecule has 3 aromatic rings. The second-order valence-electron chi connectivity index (χ2n) is 8.50. The van der Waals surface area contributed by atoms with Gasteiger partial charge < -0.3 is 9.05 Å². The fourth-order valence-corrected chi connectivity index (χ4v) is 9.96. The van der Waals surface area contributed by atoms with E-state index in [1.165, 1.54) is 86.6 Å². The van der Waals surface area contributed by atoms with Crippen molar-refractivity contribution in [1.29, 1.82) is 0 Å². The van der Waals surface area contributed by atoms with Gasteiger partial charge >= 0.3 is 7.60 Å². The van der Waals surface area contributed by atoms with Crippen LogP contribution in [0.1, 0.15) is 29.8 Å². The number of hydrogen-bond acceptors (Lipinski definition) is 8. The molecule has 0 bridgehead atoms. The summed E-state index contributed by atoms with van der Waals surface area (Å²) in [5.41, 5.74) is -0.297. The van der Waals surface area contributed by atoms with E-state index in [1.54, 1.807) is 0 Å². The van der Waals surface area contributed by atoms with Crippen LogP contribution in [0.15, 0.2) is 93.6 Å². The summed E-state index contributed by atoms with van der Waals surface area (Å²) in [6, 6.07) is 15.9. The molecule has 4 rings (SSSR count). The Morgan fingerprint density at radius 2 is 1.30 bits per heavy atom. The molecule has 1 N–H and O–H groups in total. The highest BCUT2D eigenvalue weighted by atomic mass is 35.5. The topological polar surface area (TPSA) is 133 Å². The summed E-state index contributed by atoms with van der Waals surface area (Å²) < 4.78 is 83.4. The van der Waals surface area contributed by atoms with Crippen molar-refractivity contribution in [2.24, 2.45) is 0 Å². The van der Waals surface area contributed by atoms with Crippen LogP contribution in [0.4, 0.5) is 0 Å². The Bertz CT molecular complexity index is 1730. The maximum absolute atomic E-state index is 14.6. The summed E-state index contributed by atoms with van der Waals surface area (Å²) in [5, 5.41) is -1.93. The maximum atomic E-state index is 14.6. The molecule has 1 aliphatic carbocycles. The van der Waals surface area contributed by atoms with Crippen molar-refractivity contribution in [3.8, 4) is 0 Å². The van der Waals surface area contributed by atoms with Crippen LogP contribution in [0.3, 0.4) is 0 Å². The number of Topliss-reactive ketones (excluding diaryl/α,β-unsaturated/α-hetero) is 1. The van der Waals surface area contributed by atoms with Crippen molar-refractivity contribution in [3.05, 3.63) is 105 Å². The van der Waals surface area contributed by atoms with Crippen LogP contribution in [0.5, 0.6) is 0 Å². The van der Waals surface area contributed by atoms with Crippen molar-refractivity contribution in [2.45, 2.75) is 28.9 Å². The van der Waals surface area contributed by atoms with Crippen LogP contribution in [-0.2, 0) is 38.8 Å². The number of nitrogens with one attached hydrogen (secondary N) is 1. The summed E-state index contributed by atoms with van der Waals surface area (Å²) in [4.78, 5) is 12.3. The van der Waals surface area contributed by atoms with Gasteiger partial charge in [0, 0.05) is 21.2 Å². The third kappa shape index (κ3) is 5.45.